The lowest BCUT2D eigenvalue weighted by molar-refractivity contribution is -0.136. The summed E-state index contributed by atoms with van der Waals surface area (Å²) in [5, 5.41) is 6.84. The van der Waals surface area contributed by atoms with Gasteiger partial charge in [-0.15, -0.1) is 0 Å². The minimum absolute atomic E-state index is 0.0221. The number of nitrogens with one attached hydrogen (secondary N) is 1. The molecule has 3 aromatic rings. The molecule has 1 saturated heterocycles. The van der Waals surface area contributed by atoms with Crippen LogP contribution >= 0.6 is 0 Å². The maximum Gasteiger partial charge on any atom is 0.235 e. The van der Waals surface area contributed by atoms with Gasteiger partial charge in [-0.1, -0.05) is 60.7 Å². The highest BCUT2D eigenvalue weighted by Gasteiger charge is 2.36. The number of piperidine rings is 1. The number of hydrogen-bond acceptors (Lipinski definition) is 4. The van der Waals surface area contributed by atoms with Gasteiger partial charge in [0.25, 0.3) is 0 Å². The molecule has 2 aromatic carbocycles. The topological polar surface area (TPSA) is 83.1 Å². The van der Waals surface area contributed by atoms with Crippen LogP contribution in [0.4, 0.5) is 0 Å². The summed E-state index contributed by atoms with van der Waals surface area (Å²) in [6, 6.07) is 19.1. The van der Waals surface area contributed by atoms with Crippen molar-refractivity contribution in [2.24, 2.45) is 0 Å². The van der Waals surface area contributed by atoms with Crippen LogP contribution in [0.2, 0.25) is 0 Å². The van der Waals surface area contributed by atoms with Crippen LogP contribution in [0.15, 0.2) is 71.8 Å². The van der Waals surface area contributed by atoms with Crippen LogP contribution < -0.4 is 0 Å². The van der Waals surface area contributed by atoms with Crippen molar-refractivity contribution in [1.29, 1.82) is 0 Å². The third-order valence-corrected chi connectivity index (χ3v) is 6.79. The first-order chi connectivity index (χ1) is 14.5. The Bertz CT molecular complexity index is 1070. The average Bonchev–Trinajstić information content (AvgIpc) is 3.26. The molecular formula is C23H25N3O3S. The Morgan fingerprint density at radius 3 is 2.20 bits per heavy atom. The minimum Gasteiger partial charge on any atom is -0.333 e. The zero-order chi connectivity index (χ0) is 21.1. The van der Waals surface area contributed by atoms with Crippen molar-refractivity contribution in [2.45, 2.75) is 36.1 Å². The molecule has 0 aliphatic carbocycles. The van der Waals surface area contributed by atoms with Gasteiger partial charge in [0.15, 0.2) is 9.84 Å². The van der Waals surface area contributed by atoms with E-state index in [4.69, 9.17) is 0 Å². The standard InChI is InChI=1S/C23H25N3O3S/c1-30(28,29)20-16-24-25-22(20)19-14-8-9-15-26(19)23(27)21(17-10-4-2-5-11-17)18-12-6-3-7-13-18/h2-7,10-13,16,19,21H,8-9,14-15H2,1H3,(H,24,25). The molecule has 156 valence electrons. The number of rotatable bonds is 5. The van der Waals surface area contributed by atoms with Gasteiger partial charge in [0.05, 0.1) is 23.9 Å². The maximum atomic E-state index is 13.9. The molecule has 7 heteroatoms. The number of sulfone groups is 1. The number of aromatic amines is 1. The van der Waals surface area contributed by atoms with Crippen molar-refractivity contribution in [3.63, 3.8) is 0 Å². The number of likely N-dealkylation sites (tertiary alicyclic amines) is 1. The van der Waals surface area contributed by atoms with Crippen LogP contribution in [0, 0.1) is 0 Å². The van der Waals surface area contributed by atoms with E-state index in [0.29, 0.717) is 18.7 Å². The summed E-state index contributed by atoms with van der Waals surface area (Å²) in [7, 11) is -3.44. The fourth-order valence-corrected chi connectivity index (χ4v) is 5.07. The van der Waals surface area contributed by atoms with Crippen LogP contribution in [0.3, 0.4) is 0 Å². The van der Waals surface area contributed by atoms with Crippen LogP contribution in [-0.2, 0) is 14.6 Å². The summed E-state index contributed by atoms with van der Waals surface area (Å²) in [6.45, 7) is 0.585. The molecule has 1 aliphatic heterocycles. The normalized spacial score (nSPS) is 17.3. The van der Waals surface area contributed by atoms with E-state index in [1.807, 2.05) is 65.6 Å². The van der Waals surface area contributed by atoms with Crippen molar-refractivity contribution in [2.75, 3.05) is 12.8 Å². The Morgan fingerprint density at radius 1 is 1.03 bits per heavy atom. The first kappa shape index (κ1) is 20.3. The molecular weight excluding hydrogens is 398 g/mol. The van der Waals surface area contributed by atoms with E-state index < -0.39 is 15.8 Å². The van der Waals surface area contributed by atoms with Gasteiger partial charge < -0.3 is 4.90 Å². The van der Waals surface area contributed by atoms with Gasteiger partial charge in [-0.05, 0) is 30.4 Å². The van der Waals surface area contributed by atoms with Gasteiger partial charge in [0, 0.05) is 12.8 Å². The predicted molar refractivity (Wildman–Crippen MR) is 115 cm³/mol. The summed E-state index contributed by atoms with van der Waals surface area (Å²) in [4.78, 5) is 15.9. The van der Waals surface area contributed by atoms with Crippen LogP contribution in [0.5, 0.6) is 0 Å². The Labute approximate surface area is 176 Å². The van der Waals surface area contributed by atoms with Gasteiger partial charge in [-0.25, -0.2) is 8.42 Å². The number of amides is 1. The fourth-order valence-electron chi connectivity index (χ4n) is 4.25. The second kappa shape index (κ2) is 8.44. The quantitative estimate of drug-likeness (QED) is 0.678. The Balaban J connectivity index is 1.76. The Morgan fingerprint density at radius 2 is 1.63 bits per heavy atom. The molecule has 6 nitrogen and oxygen atoms in total. The third kappa shape index (κ3) is 4.03. The fraction of sp³-hybridized carbons (Fsp3) is 0.304. The van der Waals surface area contributed by atoms with E-state index in [1.54, 1.807) is 0 Å². The van der Waals surface area contributed by atoms with Crippen LogP contribution in [0.1, 0.15) is 48.0 Å². The maximum absolute atomic E-state index is 13.9. The molecule has 0 spiro atoms. The summed E-state index contributed by atoms with van der Waals surface area (Å²) < 4.78 is 24.5. The van der Waals surface area contributed by atoms with E-state index in [2.05, 4.69) is 10.2 Å². The zero-order valence-electron chi connectivity index (χ0n) is 16.9. The molecule has 0 radical (unpaired) electrons. The predicted octanol–water partition coefficient (Wildman–Crippen LogP) is 3.70. The molecule has 0 bridgehead atoms. The molecule has 1 amide bonds. The monoisotopic (exact) mass is 423 g/mol. The minimum atomic E-state index is -3.44. The van der Waals surface area contributed by atoms with Crippen molar-refractivity contribution >= 4 is 15.7 Å². The number of carbonyl (C=O) groups is 1. The summed E-state index contributed by atoms with van der Waals surface area (Å²) in [6.07, 6.45) is 5.03. The molecule has 1 fully saturated rings. The summed E-state index contributed by atoms with van der Waals surface area (Å²) >= 11 is 0. The first-order valence-corrected chi connectivity index (χ1v) is 12.0. The second-order valence-corrected chi connectivity index (χ2v) is 9.70. The first-order valence-electron chi connectivity index (χ1n) is 10.1. The number of hydrogen-bond donors (Lipinski definition) is 1. The van der Waals surface area contributed by atoms with Crippen molar-refractivity contribution in [1.82, 2.24) is 15.1 Å². The molecule has 1 aromatic heterocycles. The SMILES string of the molecule is CS(=O)(=O)c1cn[nH]c1C1CCCCN1C(=O)C(c1ccccc1)c1ccccc1. The van der Waals surface area contributed by atoms with Crippen LogP contribution in [0.25, 0.3) is 0 Å². The molecule has 4 rings (SSSR count). The second-order valence-electron chi connectivity index (χ2n) is 7.72. The highest BCUT2D eigenvalue weighted by molar-refractivity contribution is 7.90. The molecule has 1 atom stereocenters. The van der Waals surface area contributed by atoms with Gasteiger partial charge in [-0.3, -0.25) is 9.89 Å². The van der Waals surface area contributed by atoms with E-state index in [1.165, 1.54) is 12.5 Å². The summed E-state index contributed by atoms with van der Waals surface area (Å²) in [5.41, 5.74) is 2.35. The number of nitrogens with zero attached hydrogens (tertiary/aromatic N) is 2. The molecule has 1 N–H and O–H groups in total. The lowest BCUT2D eigenvalue weighted by Gasteiger charge is -2.38. The van der Waals surface area contributed by atoms with Gasteiger partial charge in [0.2, 0.25) is 5.91 Å². The molecule has 30 heavy (non-hydrogen) atoms. The molecule has 1 unspecified atom stereocenters. The van der Waals surface area contributed by atoms with Gasteiger partial charge in [0.1, 0.15) is 4.90 Å². The van der Waals surface area contributed by atoms with Gasteiger partial charge >= 0.3 is 0 Å². The van der Waals surface area contributed by atoms with Crippen molar-refractivity contribution in [3.8, 4) is 0 Å². The van der Waals surface area contributed by atoms with Crippen molar-refractivity contribution in [3.05, 3.63) is 83.7 Å². The largest absolute Gasteiger partial charge is 0.333 e. The number of H-pyrrole nitrogens is 1. The molecule has 0 saturated carbocycles. The highest BCUT2D eigenvalue weighted by Crippen LogP contribution is 2.37. The summed E-state index contributed by atoms with van der Waals surface area (Å²) in [5.74, 6) is -0.469. The lowest BCUT2D eigenvalue weighted by atomic mass is 9.88. The van der Waals surface area contributed by atoms with E-state index in [-0.39, 0.29) is 16.8 Å². The van der Waals surface area contributed by atoms with Gasteiger partial charge in [-0.2, -0.15) is 5.10 Å². The van der Waals surface area contributed by atoms with E-state index >= 15 is 0 Å². The molecule has 1 aliphatic rings. The number of benzene rings is 2. The average molecular weight is 424 g/mol. The van der Waals surface area contributed by atoms with Crippen LogP contribution in [-0.4, -0.2) is 42.2 Å². The number of aromatic nitrogens is 2. The Kier molecular flexibility index (Phi) is 5.72. The Hall–Kier alpha value is -2.93. The highest BCUT2D eigenvalue weighted by atomic mass is 32.2. The van der Waals surface area contributed by atoms with Crippen molar-refractivity contribution < 1.29 is 13.2 Å². The lowest BCUT2D eigenvalue weighted by Crippen LogP contribution is -2.42. The van der Waals surface area contributed by atoms with E-state index in [9.17, 15) is 13.2 Å². The zero-order valence-corrected chi connectivity index (χ0v) is 17.7. The number of carbonyl (C=O) groups excluding carboxylic acids is 1. The van der Waals surface area contributed by atoms with E-state index in [0.717, 1.165) is 24.0 Å². The smallest absolute Gasteiger partial charge is 0.235 e. The third-order valence-electron chi connectivity index (χ3n) is 5.66. The molecule has 2 heterocycles.